The Kier molecular flexibility index (Phi) is 2.51. The molecule has 4 nitrogen and oxygen atoms in total. The van der Waals surface area contributed by atoms with Crippen molar-refractivity contribution in [3.05, 3.63) is 23.5 Å². The summed E-state index contributed by atoms with van der Waals surface area (Å²) < 4.78 is 23.5. The van der Waals surface area contributed by atoms with E-state index < -0.39 is 0 Å². The minimum atomic E-state index is -0.327. The first-order chi connectivity index (χ1) is 6.81. The maximum atomic E-state index is 13.3. The first kappa shape index (κ1) is 9.23. The lowest BCUT2D eigenvalue weighted by atomic mass is 10.1. The average molecular weight is 199 g/mol. The normalized spacial score (nSPS) is 13.3. The number of fused-ring (bicyclic) bond motifs is 1. The fourth-order valence-corrected chi connectivity index (χ4v) is 1.32. The number of ether oxygens (including phenoxy) is 2. The molecule has 0 radical (unpaired) electrons. The minimum absolute atomic E-state index is 0.144. The quantitative estimate of drug-likeness (QED) is 0.737. The molecular weight excluding hydrogens is 189 g/mol. The first-order valence-corrected chi connectivity index (χ1v) is 4.21. The van der Waals surface area contributed by atoms with Gasteiger partial charge in [0.1, 0.15) is 5.82 Å². The fourth-order valence-electron chi connectivity index (χ4n) is 1.32. The molecule has 2 N–H and O–H groups in total. The van der Waals surface area contributed by atoms with Gasteiger partial charge in [-0.3, -0.25) is 0 Å². The Hall–Kier alpha value is -1.33. The SMILES string of the molecule is NOCCc1cc2c(cc1F)OCO2. The second-order valence-electron chi connectivity index (χ2n) is 2.92. The van der Waals surface area contributed by atoms with Gasteiger partial charge in [-0.25, -0.2) is 10.3 Å². The summed E-state index contributed by atoms with van der Waals surface area (Å²) in [6, 6.07) is 2.92. The fraction of sp³-hybridized carbons (Fsp3) is 0.333. The van der Waals surface area contributed by atoms with Crippen molar-refractivity contribution in [3.63, 3.8) is 0 Å². The van der Waals surface area contributed by atoms with E-state index in [1.807, 2.05) is 0 Å². The van der Waals surface area contributed by atoms with Crippen LogP contribution in [0.2, 0.25) is 0 Å². The zero-order valence-electron chi connectivity index (χ0n) is 7.46. The monoisotopic (exact) mass is 199 g/mol. The van der Waals surface area contributed by atoms with Crippen molar-refractivity contribution < 1.29 is 18.7 Å². The molecular formula is C9H10FNO3. The van der Waals surface area contributed by atoms with Crippen LogP contribution in [0.5, 0.6) is 11.5 Å². The van der Waals surface area contributed by atoms with Gasteiger partial charge in [0.25, 0.3) is 0 Å². The van der Waals surface area contributed by atoms with Crippen molar-refractivity contribution in [2.24, 2.45) is 5.90 Å². The highest BCUT2D eigenvalue weighted by molar-refractivity contribution is 5.45. The predicted molar refractivity (Wildman–Crippen MR) is 46.4 cm³/mol. The van der Waals surface area contributed by atoms with Crippen LogP contribution >= 0.6 is 0 Å². The summed E-state index contributed by atoms with van der Waals surface area (Å²) in [6.07, 6.45) is 0.416. The summed E-state index contributed by atoms with van der Waals surface area (Å²) in [6.45, 7) is 0.419. The van der Waals surface area contributed by atoms with Crippen LogP contribution in [-0.2, 0) is 11.3 Å². The van der Waals surface area contributed by atoms with Crippen LogP contribution in [0.1, 0.15) is 5.56 Å². The highest BCUT2D eigenvalue weighted by atomic mass is 19.1. The summed E-state index contributed by atoms with van der Waals surface area (Å²) in [5, 5.41) is 0. The van der Waals surface area contributed by atoms with Gasteiger partial charge in [0.15, 0.2) is 11.5 Å². The van der Waals surface area contributed by atoms with Crippen molar-refractivity contribution in [1.29, 1.82) is 0 Å². The lowest BCUT2D eigenvalue weighted by Crippen LogP contribution is -2.04. The van der Waals surface area contributed by atoms with Crippen LogP contribution in [0.4, 0.5) is 4.39 Å². The molecule has 14 heavy (non-hydrogen) atoms. The molecule has 1 aliphatic heterocycles. The molecule has 2 rings (SSSR count). The molecule has 0 aliphatic carbocycles. The van der Waals surface area contributed by atoms with E-state index >= 15 is 0 Å². The van der Waals surface area contributed by atoms with Crippen molar-refractivity contribution in [2.45, 2.75) is 6.42 Å². The predicted octanol–water partition coefficient (Wildman–Crippen LogP) is 0.987. The standard InChI is InChI=1S/C9H10FNO3/c10-7-4-9-8(12-5-13-9)3-6(7)1-2-14-11/h3-4H,1-2,5,11H2. The van der Waals surface area contributed by atoms with Crippen LogP contribution in [-0.4, -0.2) is 13.4 Å². The molecule has 5 heteroatoms. The van der Waals surface area contributed by atoms with Crippen LogP contribution in [0.25, 0.3) is 0 Å². The molecule has 0 amide bonds. The maximum Gasteiger partial charge on any atom is 0.231 e. The van der Waals surface area contributed by atoms with Crippen molar-refractivity contribution in [1.82, 2.24) is 0 Å². The van der Waals surface area contributed by atoms with Gasteiger partial charge >= 0.3 is 0 Å². The second kappa shape index (κ2) is 3.81. The van der Waals surface area contributed by atoms with Crippen molar-refractivity contribution in [2.75, 3.05) is 13.4 Å². The molecule has 0 unspecified atom stereocenters. The number of nitrogens with two attached hydrogens (primary N) is 1. The maximum absolute atomic E-state index is 13.3. The molecule has 0 bridgehead atoms. The van der Waals surface area contributed by atoms with Crippen LogP contribution < -0.4 is 15.4 Å². The van der Waals surface area contributed by atoms with Gasteiger partial charge in [-0.05, 0) is 11.6 Å². The van der Waals surface area contributed by atoms with Gasteiger partial charge < -0.3 is 14.3 Å². The smallest absolute Gasteiger partial charge is 0.231 e. The number of rotatable bonds is 3. The van der Waals surface area contributed by atoms with Crippen molar-refractivity contribution >= 4 is 0 Å². The average Bonchev–Trinajstić information content (AvgIpc) is 2.61. The zero-order valence-corrected chi connectivity index (χ0v) is 7.46. The third-order valence-corrected chi connectivity index (χ3v) is 2.03. The Morgan fingerprint density at radius 1 is 1.36 bits per heavy atom. The van der Waals surface area contributed by atoms with E-state index in [1.54, 1.807) is 6.07 Å². The van der Waals surface area contributed by atoms with Gasteiger partial charge in [-0.1, -0.05) is 0 Å². The first-order valence-electron chi connectivity index (χ1n) is 4.21. The van der Waals surface area contributed by atoms with Crippen LogP contribution in [0, 0.1) is 5.82 Å². The summed E-state index contributed by atoms with van der Waals surface area (Å²) in [5.74, 6) is 5.55. The summed E-state index contributed by atoms with van der Waals surface area (Å²) >= 11 is 0. The van der Waals surface area contributed by atoms with Crippen molar-refractivity contribution in [3.8, 4) is 11.5 Å². The molecule has 1 aromatic rings. The van der Waals surface area contributed by atoms with E-state index in [0.29, 0.717) is 23.5 Å². The molecule has 1 aromatic carbocycles. The van der Waals surface area contributed by atoms with E-state index in [-0.39, 0.29) is 19.2 Å². The molecule has 1 aliphatic rings. The van der Waals surface area contributed by atoms with Gasteiger partial charge in [0, 0.05) is 12.5 Å². The minimum Gasteiger partial charge on any atom is -0.454 e. The Bertz CT molecular complexity index is 343. The number of hydrogen-bond donors (Lipinski definition) is 1. The number of benzene rings is 1. The van der Waals surface area contributed by atoms with Gasteiger partial charge in [-0.15, -0.1) is 0 Å². The molecule has 0 saturated heterocycles. The van der Waals surface area contributed by atoms with Crippen LogP contribution in [0.3, 0.4) is 0 Å². The summed E-state index contributed by atoms with van der Waals surface area (Å²) in [7, 11) is 0. The van der Waals surface area contributed by atoms with E-state index in [9.17, 15) is 4.39 Å². The summed E-state index contributed by atoms with van der Waals surface area (Å²) in [5.41, 5.74) is 0.514. The largest absolute Gasteiger partial charge is 0.454 e. The lowest BCUT2D eigenvalue weighted by molar-refractivity contribution is 0.140. The van der Waals surface area contributed by atoms with Gasteiger partial charge in [0.2, 0.25) is 6.79 Å². The molecule has 1 heterocycles. The highest BCUT2D eigenvalue weighted by Crippen LogP contribution is 2.34. The Labute approximate surface area is 80.3 Å². The topological polar surface area (TPSA) is 53.7 Å². The Morgan fingerprint density at radius 2 is 2.07 bits per heavy atom. The second-order valence-corrected chi connectivity index (χ2v) is 2.92. The third kappa shape index (κ3) is 1.64. The number of hydrogen-bond acceptors (Lipinski definition) is 4. The van der Waals surface area contributed by atoms with E-state index in [1.165, 1.54) is 6.07 Å². The lowest BCUT2D eigenvalue weighted by Gasteiger charge is -2.03. The molecule has 0 spiro atoms. The third-order valence-electron chi connectivity index (χ3n) is 2.03. The van der Waals surface area contributed by atoms with Crippen LogP contribution in [0.15, 0.2) is 12.1 Å². The molecule has 0 fully saturated rings. The molecule has 0 atom stereocenters. The highest BCUT2D eigenvalue weighted by Gasteiger charge is 2.16. The van der Waals surface area contributed by atoms with E-state index in [0.717, 1.165) is 0 Å². The molecule has 0 saturated carbocycles. The molecule has 76 valence electrons. The van der Waals surface area contributed by atoms with E-state index in [2.05, 4.69) is 4.84 Å². The Balaban J connectivity index is 2.23. The Morgan fingerprint density at radius 3 is 2.79 bits per heavy atom. The summed E-state index contributed by atoms with van der Waals surface area (Å²) in [4.78, 5) is 4.38. The molecule has 0 aromatic heterocycles. The van der Waals surface area contributed by atoms with E-state index in [4.69, 9.17) is 15.4 Å². The van der Waals surface area contributed by atoms with Gasteiger partial charge in [-0.2, -0.15) is 0 Å². The van der Waals surface area contributed by atoms with Gasteiger partial charge in [0.05, 0.1) is 6.61 Å². The number of halogens is 1. The zero-order chi connectivity index (χ0) is 9.97.